The van der Waals surface area contributed by atoms with E-state index in [0.717, 1.165) is 24.3 Å². The van der Waals surface area contributed by atoms with Crippen LogP contribution >= 0.6 is 0 Å². The van der Waals surface area contributed by atoms with E-state index in [2.05, 4.69) is 32.7 Å². The van der Waals surface area contributed by atoms with Crippen LogP contribution in [0.15, 0.2) is 0 Å². The van der Waals surface area contributed by atoms with Crippen LogP contribution in [0, 0.1) is 17.8 Å². The lowest BCUT2D eigenvalue weighted by molar-refractivity contribution is 0.126. The summed E-state index contributed by atoms with van der Waals surface area (Å²) in [5, 5.41) is 0. The fourth-order valence-corrected chi connectivity index (χ4v) is 3.19. The smallest absolute Gasteiger partial charge is 0.0243 e. The lowest BCUT2D eigenvalue weighted by atomic mass is 9.78. The largest absolute Gasteiger partial charge is 0.329 e. The van der Waals surface area contributed by atoms with Crippen molar-refractivity contribution in [3.05, 3.63) is 0 Å². The normalized spacial score (nSPS) is 27.7. The predicted molar refractivity (Wildman–Crippen MR) is 76.0 cm³/mol. The Morgan fingerprint density at radius 2 is 2.00 bits per heavy atom. The average Bonchev–Trinajstić information content (AvgIpc) is 2.27. The lowest BCUT2D eigenvalue weighted by Gasteiger charge is -2.38. The molecule has 17 heavy (non-hydrogen) atoms. The summed E-state index contributed by atoms with van der Waals surface area (Å²) in [5.41, 5.74) is 6.01. The first-order valence-corrected chi connectivity index (χ1v) is 7.44. The molecular weight excluding hydrogens is 208 g/mol. The summed E-state index contributed by atoms with van der Waals surface area (Å²) in [6, 6.07) is 0.608. The van der Waals surface area contributed by atoms with Gasteiger partial charge in [-0.25, -0.2) is 0 Å². The maximum Gasteiger partial charge on any atom is 0.0243 e. The molecule has 3 atom stereocenters. The van der Waals surface area contributed by atoms with Crippen LogP contribution in [0.25, 0.3) is 0 Å². The second-order valence-electron chi connectivity index (χ2n) is 6.50. The van der Waals surface area contributed by atoms with Crippen LogP contribution in [0.3, 0.4) is 0 Å². The molecule has 0 bridgehead atoms. The van der Waals surface area contributed by atoms with Gasteiger partial charge in [-0.2, -0.15) is 0 Å². The number of nitrogens with zero attached hydrogens (tertiary/aromatic N) is 1. The Morgan fingerprint density at radius 3 is 2.53 bits per heavy atom. The number of hydrogen-bond donors (Lipinski definition) is 1. The van der Waals surface area contributed by atoms with E-state index < -0.39 is 0 Å². The van der Waals surface area contributed by atoms with Gasteiger partial charge in [-0.05, 0) is 50.6 Å². The summed E-state index contributed by atoms with van der Waals surface area (Å²) < 4.78 is 0. The van der Waals surface area contributed by atoms with Crippen molar-refractivity contribution >= 4 is 0 Å². The fourth-order valence-electron chi connectivity index (χ4n) is 3.19. The van der Waals surface area contributed by atoms with Crippen molar-refractivity contribution in [2.24, 2.45) is 23.5 Å². The van der Waals surface area contributed by atoms with Crippen LogP contribution in [-0.2, 0) is 0 Å². The molecule has 1 fully saturated rings. The molecule has 1 saturated carbocycles. The molecule has 2 nitrogen and oxygen atoms in total. The third kappa shape index (κ3) is 4.97. The van der Waals surface area contributed by atoms with E-state index in [-0.39, 0.29) is 0 Å². The molecule has 0 spiro atoms. The Hall–Kier alpha value is -0.0800. The average molecular weight is 240 g/mol. The van der Waals surface area contributed by atoms with Gasteiger partial charge in [0, 0.05) is 12.6 Å². The van der Waals surface area contributed by atoms with Gasteiger partial charge in [-0.1, -0.05) is 33.6 Å². The maximum absolute atomic E-state index is 6.01. The minimum absolute atomic E-state index is 0.608. The summed E-state index contributed by atoms with van der Waals surface area (Å²) in [6.07, 6.45) is 6.88. The molecule has 0 aliphatic heterocycles. The Morgan fingerprint density at radius 1 is 1.29 bits per heavy atom. The Labute approximate surface area is 108 Å². The van der Waals surface area contributed by atoms with E-state index >= 15 is 0 Å². The Balaban J connectivity index is 2.45. The molecule has 0 radical (unpaired) electrons. The van der Waals surface area contributed by atoms with Crippen LogP contribution < -0.4 is 5.73 Å². The standard InChI is InChI=1S/C15H32N2/c1-12(2)8-9-17(4)15(11-16)14-7-5-6-13(3)10-14/h12-15H,5-11,16H2,1-4H3. The minimum Gasteiger partial charge on any atom is -0.329 e. The van der Waals surface area contributed by atoms with Gasteiger partial charge in [0.25, 0.3) is 0 Å². The summed E-state index contributed by atoms with van der Waals surface area (Å²) >= 11 is 0. The quantitative estimate of drug-likeness (QED) is 0.773. The molecule has 3 unspecified atom stereocenters. The molecule has 1 rings (SSSR count). The maximum atomic E-state index is 6.01. The molecule has 2 heteroatoms. The molecule has 1 aliphatic rings. The van der Waals surface area contributed by atoms with Crippen LogP contribution in [-0.4, -0.2) is 31.1 Å². The van der Waals surface area contributed by atoms with Crippen molar-refractivity contribution in [3.63, 3.8) is 0 Å². The Bertz CT molecular complexity index is 203. The second kappa shape index (κ2) is 7.38. The number of rotatable bonds is 6. The van der Waals surface area contributed by atoms with E-state index in [1.807, 2.05) is 0 Å². The summed E-state index contributed by atoms with van der Waals surface area (Å²) in [4.78, 5) is 2.52. The highest BCUT2D eigenvalue weighted by Gasteiger charge is 2.28. The van der Waals surface area contributed by atoms with Crippen molar-refractivity contribution in [1.29, 1.82) is 0 Å². The van der Waals surface area contributed by atoms with Crippen LogP contribution in [0.2, 0.25) is 0 Å². The van der Waals surface area contributed by atoms with Gasteiger partial charge in [0.15, 0.2) is 0 Å². The fraction of sp³-hybridized carbons (Fsp3) is 1.00. The monoisotopic (exact) mass is 240 g/mol. The molecule has 0 aromatic rings. The first-order valence-electron chi connectivity index (χ1n) is 7.44. The zero-order valence-corrected chi connectivity index (χ0v) is 12.3. The third-order valence-corrected chi connectivity index (χ3v) is 4.39. The van der Waals surface area contributed by atoms with Crippen LogP contribution in [0.1, 0.15) is 52.9 Å². The zero-order valence-electron chi connectivity index (χ0n) is 12.3. The molecule has 2 N–H and O–H groups in total. The molecule has 0 saturated heterocycles. The molecule has 102 valence electrons. The Kier molecular flexibility index (Phi) is 6.50. The molecule has 0 amide bonds. The van der Waals surface area contributed by atoms with Gasteiger partial charge in [-0.3, -0.25) is 0 Å². The first-order chi connectivity index (χ1) is 8.04. The SMILES string of the molecule is CC(C)CCN(C)C(CN)C1CCCC(C)C1. The van der Waals surface area contributed by atoms with E-state index in [0.29, 0.717) is 6.04 Å². The summed E-state index contributed by atoms with van der Waals surface area (Å²) in [7, 11) is 2.26. The van der Waals surface area contributed by atoms with E-state index in [1.54, 1.807) is 0 Å². The van der Waals surface area contributed by atoms with Crippen LogP contribution in [0.5, 0.6) is 0 Å². The lowest BCUT2D eigenvalue weighted by Crippen LogP contribution is -2.45. The van der Waals surface area contributed by atoms with Gasteiger partial charge >= 0.3 is 0 Å². The third-order valence-electron chi connectivity index (χ3n) is 4.39. The molecule has 0 aromatic carbocycles. The van der Waals surface area contributed by atoms with Crippen molar-refractivity contribution < 1.29 is 0 Å². The highest BCUT2D eigenvalue weighted by Crippen LogP contribution is 2.32. The minimum atomic E-state index is 0.608. The molecule has 0 aromatic heterocycles. The van der Waals surface area contributed by atoms with Crippen LogP contribution in [0.4, 0.5) is 0 Å². The second-order valence-corrected chi connectivity index (χ2v) is 6.50. The van der Waals surface area contributed by atoms with Crippen molar-refractivity contribution in [1.82, 2.24) is 4.90 Å². The van der Waals surface area contributed by atoms with Gasteiger partial charge in [0.05, 0.1) is 0 Å². The highest BCUT2D eigenvalue weighted by molar-refractivity contribution is 4.83. The predicted octanol–water partition coefficient (Wildman–Crippen LogP) is 3.12. The van der Waals surface area contributed by atoms with Gasteiger partial charge in [0.2, 0.25) is 0 Å². The number of likely N-dealkylation sites (N-methyl/N-ethyl adjacent to an activating group) is 1. The van der Waals surface area contributed by atoms with Crippen molar-refractivity contribution in [2.45, 2.75) is 58.9 Å². The van der Waals surface area contributed by atoms with Gasteiger partial charge in [-0.15, -0.1) is 0 Å². The van der Waals surface area contributed by atoms with Gasteiger partial charge in [0.1, 0.15) is 0 Å². The van der Waals surface area contributed by atoms with Crippen molar-refractivity contribution in [3.8, 4) is 0 Å². The molecular formula is C15H32N2. The molecule has 1 aliphatic carbocycles. The molecule has 0 heterocycles. The topological polar surface area (TPSA) is 29.3 Å². The van der Waals surface area contributed by atoms with E-state index in [9.17, 15) is 0 Å². The summed E-state index contributed by atoms with van der Waals surface area (Å²) in [6.45, 7) is 9.02. The number of hydrogen-bond acceptors (Lipinski definition) is 2. The first kappa shape index (κ1) is 15.0. The van der Waals surface area contributed by atoms with Gasteiger partial charge < -0.3 is 10.6 Å². The number of nitrogens with two attached hydrogens (primary N) is 1. The van der Waals surface area contributed by atoms with Crippen molar-refractivity contribution in [2.75, 3.05) is 20.1 Å². The van der Waals surface area contributed by atoms with E-state index in [1.165, 1.54) is 38.6 Å². The van der Waals surface area contributed by atoms with E-state index in [4.69, 9.17) is 5.73 Å². The summed E-state index contributed by atoms with van der Waals surface area (Å²) in [5.74, 6) is 2.53. The highest BCUT2D eigenvalue weighted by atomic mass is 15.1. The zero-order chi connectivity index (χ0) is 12.8.